The average Bonchev–Trinajstić information content (AvgIpc) is 3.09. The molecule has 0 saturated carbocycles. The summed E-state index contributed by atoms with van der Waals surface area (Å²) in [6.45, 7) is 1.74. The van der Waals surface area contributed by atoms with Gasteiger partial charge in [0.25, 0.3) is 0 Å². The zero-order chi connectivity index (χ0) is 21.3. The Labute approximate surface area is 167 Å². The standard InChI is InChI=1S/C18H19F3O6S2/c1-2-25-17(22)26-14-9-8-13-6-5-7-16(15(13)12-14)28(10-3-4-11-28)27-29(23,24)18(19,20)21/h5-9,12H,2-4,10-11H2,1H3. The van der Waals surface area contributed by atoms with Crippen LogP contribution >= 0.6 is 10.3 Å². The molecule has 0 N–H and O–H groups in total. The number of carbonyl (C=O) groups excluding carboxylic acids is 1. The second-order valence-electron chi connectivity index (χ2n) is 6.32. The van der Waals surface area contributed by atoms with E-state index in [1.807, 2.05) is 0 Å². The fourth-order valence-electron chi connectivity index (χ4n) is 3.16. The summed E-state index contributed by atoms with van der Waals surface area (Å²) in [7, 11) is -8.50. The van der Waals surface area contributed by atoms with Gasteiger partial charge in [0.1, 0.15) is 5.75 Å². The van der Waals surface area contributed by atoms with Crippen molar-refractivity contribution in [1.82, 2.24) is 0 Å². The van der Waals surface area contributed by atoms with Crippen LogP contribution in [0.3, 0.4) is 0 Å². The van der Waals surface area contributed by atoms with Crippen molar-refractivity contribution in [3.63, 3.8) is 0 Å². The summed E-state index contributed by atoms with van der Waals surface area (Å²) in [5.41, 5.74) is -5.50. The molecular weight excluding hydrogens is 433 g/mol. The van der Waals surface area contributed by atoms with E-state index in [2.05, 4.69) is 0 Å². The topological polar surface area (TPSA) is 78.9 Å². The molecule has 0 radical (unpaired) electrons. The predicted octanol–water partition coefficient (Wildman–Crippen LogP) is 5.11. The van der Waals surface area contributed by atoms with Gasteiger partial charge in [-0.1, -0.05) is 28.5 Å². The maximum absolute atomic E-state index is 13.0. The van der Waals surface area contributed by atoms with E-state index in [9.17, 15) is 26.4 Å². The van der Waals surface area contributed by atoms with Crippen molar-refractivity contribution in [2.75, 3.05) is 18.1 Å². The largest absolute Gasteiger partial charge is 0.523 e. The van der Waals surface area contributed by atoms with Crippen LogP contribution in [0.25, 0.3) is 10.8 Å². The molecule has 0 unspecified atom stereocenters. The molecule has 160 valence electrons. The minimum absolute atomic E-state index is 0.119. The zero-order valence-electron chi connectivity index (χ0n) is 15.4. The van der Waals surface area contributed by atoms with Gasteiger partial charge in [-0.25, -0.2) is 8.42 Å². The maximum atomic E-state index is 13.0. The zero-order valence-corrected chi connectivity index (χ0v) is 17.0. The highest BCUT2D eigenvalue weighted by molar-refractivity contribution is 8.33. The first-order valence-electron chi connectivity index (χ1n) is 8.76. The lowest BCUT2D eigenvalue weighted by Crippen LogP contribution is -2.27. The van der Waals surface area contributed by atoms with Crippen LogP contribution in [0.1, 0.15) is 19.8 Å². The summed E-state index contributed by atoms with van der Waals surface area (Å²) in [6, 6.07) is 9.58. The lowest BCUT2D eigenvalue weighted by molar-refractivity contribution is -0.0496. The molecule has 0 atom stereocenters. The van der Waals surface area contributed by atoms with Crippen LogP contribution in [0.2, 0.25) is 0 Å². The number of halogens is 3. The third-order valence-electron chi connectivity index (χ3n) is 4.38. The van der Waals surface area contributed by atoms with Crippen LogP contribution in [0.4, 0.5) is 18.0 Å². The quantitative estimate of drug-likeness (QED) is 0.356. The Morgan fingerprint density at radius 1 is 1.14 bits per heavy atom. The first-order valence-corrected chi connectivity index (χ1v) is 12.1. The smallest absolute Gasteiger partial charge is 0.434 e. The van der Waals surface area contributed by atoms with Gasteiger partial charge in [-0.2, -0.15) is 21.6 Å². The van der Waals surface area contributed by atoms with Crippen LogP contribution < -0.4 is 4.74 Å². The van der Waals surface area contributed by atoms with Crippen molar-refractivity contribution < 1.29 is 39.5 Å². The highest BCUT2D eigenvalue weighted by Gasteiger charge is 2.52. The second-order valence-corrected chi connectivity index (χ2v) is 11.1. The van der Waals surface area contributed by atoms with Gasteiger partial charge in [-0.3, -0.25) is 0 Å². The minimum Gasteiger partial charge on any atom is -0.434 e. The van der Waals surface area contributed by atoms with E-state index in [0.29, 0.717) is 28.5 Å². The van der Waals surface area contributed by atoms with Gasteiger partial charge in [-0.15, -0.1) is 0 Å². The van der Waals surface area contributed by atoms with Gasteiger partial charge in [-0.05, 0) is 48.7 Å². The molecule has 6 nitrogen and oxygen atoms in total. The fourth-order valence-corrected chi connectivity index (χ4v) is 8.57. The number of rotatable bonds is 5. The molecule has 1 fully saturated rings. The van der Waals surface area contributed by atoms with E-state index in [1.54, 1.807) is 31.2 Å². The monoisotopic (exact) mass is 452 g/mol. The molecule has 3 rings (SSSR count). The minimum atomic E-state index is -5.76. The van der Waals surface area contributed by atoms with E-state index in [1.165, 1.54) is 12.1 Å². The average molecular weight is 452 g/mol. The number of ether oxygens (including phenoxy) is 2. The van der Waals surface area contributed by atoms with Crippen molar-refractivity contribution in [3.8, 4) is 5.75 Å². The van der Waals surface area contributed by atoms with Crippen LogP contribution in [-0.2, 0) is 18.5 Å². The highest BCUT2D eigenvalue weighted by Crippen LogP contribution is 2.65. The molecule has 0 aliphatic carbocycles. The number of benzene rings is 2. The molecule has 1 heterocycles. The van der Waals surface area contributed by atoms with Crippen molar-refractivity contribution in [1.29, 1.82) is 0 Å². The lowest BCUT2D eigenvalue weighted by atomic mass is 10.1. The van der Waals surface area contributed by atoms with E-state index >= 15 is 0 Å². The number of carbonyl (C=O) groups is 1. The van der Waals surface area contributed by atoms with Gasteiger partial charge in [0, 0.05) is 16.4 Å². The van der Waals surface area contributed by atoms with Crippen molar-refractivity contribution in [2.24, 2.45) is 0 Å². The molecule has 11 heteroatoms. The summed E-state index contributed by atoms with van der Waals surface area (Å²) >= 11 is 0. The summed E-state index contributed by atoms with van der Waals surface area (Å²) in [4.78, 5) is 12.0. The normalized spacial score (nSPS) is 17.8. The van der Waals surface area contributed by atoms with Gasteiger partial charge in [0.2, 0.25) is 0 Å². The first kappa shape index (κ1) is 21.7. The molecule has 2 aromatic rings. The van der Waals surface area contributed by atoms with E-state index in [0.717, 1.165) is 0 Å². The molecule has 2 aromatic carbocycles. The van der Waals surface area contributed by atoms with Gasteiger partial charge in [0.05, 0.1) is 6.61 Å². The Balaban J connectivity index is 2.09. The Hall–Kier alpha value is -1.98. The first-order chi connectivity index (χ1) is 13.6. The van der Waals surface area contributed by atoms with Crippen LogP contribution in [-0.4, -0.2) is 38.2 Å². The molecule has 0 amide bonds. The maximum Gasteiger partial charge on any atom is 0.523 e. The summed E-state index contributed by atoms with van der Waals surface area (Å²) < 4.78 is 77.3. The predicted molar refractivity (Wildman–Crippen MR) is 102 cm³/mol. The van der Waals surface area contributed by atoms with Gasteiger partial charge < -0.3 is 9.47 Å². The summed E-state index contributed by atoms with van der Waals surface area (Å²) in [5.74, 6) is 0.532. The van der Waals surface area contributed by atoms with Crippen molar-refractivity contribution in [2.45, 2.75) is 30.2 Å². The SMILES string of the molecule is CCOC(=O)Oc1ccc2cccc(S3(OS(=O)(=O)C(F)(F)F)CCCC3)c2c1. The van der Waals surface area contributed by atoms with Crippen LogP contribution in [0.5, 0.6) is 5.75 Å². The molecule has 1 aliphatic rings. The molecule has 0 spiro atoms. The third kappa shape index (κ3) is 4.46. The Kier molecular flexibility index (Phi) is 6.02. The lowest BCUT2D eigenvalue weighted by Gasteiger charge is -2.35. The molecule has 1 aliphatic heterocycles. The Bertz CT molecular complexity index is 1010. The molecule has 29 heavy (non-hydrogen) atoms. The van der Waals surface area contributed by atoms with E-state index < -0.39 is 32.1 Å². The van der Waals surface area contributed by atoms with Gasteiger partial charge in [0.15, 0.2) is 0 Å². The number of alkyl halides is 3. The number of fused-ring (bicyclic) bond motifs is 1. The summed E-state index contributed by atoms with van der Waals surface area (Å²) in [6.07, 6.45) is 0.194. The molecular formula is C18H19F3O6S2. The van der Waals surface area contributed by atoms with Crippen LogP contribution in [0.15, 0.2) is 41.3 Å². The van der Waals surface area contributed by atoms with E-state index in [-0.39, 0.29) is 23.9 Å². The molecule has 0 aromatic heterocycles. The van der Waals surface area contributed by atoms with Gasteiger partial charge >= 0.3 is 21.8 Å². The summed E-state index contributed by atoms with van der Waals surface area (Å²) in [5, 5.41) is 1.13. The highest BCUT2D eigenvalue weighted by atomic mass is 32.3. The van der Waals surface area contributed by atoms with Crippen LogP contribution in [0, 0.1) is 0 Å². The Morgan fingerprint density at radius 3 is 2.45 bits per heavy atom. The van der Waals surface area contributed by atoms with E-state index in [4.69, 9.17) is 13.1 Å². The molecule has 1 saturated heterocycles. The van der Waals surface area contributed by atoms with Crippen molar-refractivity contribution in [3.05, 3.63) is 36.4 Å². The number of hydrogen-bond donors (Lipinski definition) is 0. The second kappa shape index (κ2) is 8.04. The molecule has 0 bridgehead atoms. The number of hydrogen-bond acceptors (Lipinski definition) is 6. The Morgan fingerprint density at radius 2 is 1.83 bits per heavy atom. The third-order valence-corrected chi connectivity index (χ3v) is 9.76. The fraction of sp³-hybridized carbons (Fsp3) is 0.389. The van der Waals surface area contributed by atoms with Crippen molar-refractivity contribution >= 4 is 37.4 Å².